The van der Waals surface area contributed by atoms with Crippen LogP contribution in [-0.4, -0.2) is 29.4 Å². The lowest BCUT2D eigenvalue weighted by Crippen LogP contribution is -2.33. The number of thiophene rings is 1. The number of hydrogen-bond donors (Lipinski definition) is 3. The molecule has 0 spiro atoms. The van der Waals surface area contributed by atoms with Crippen molar-refractivity contribution in [3.05, 3.63) is 40.0 Å². The lowest BCUT2D eigenvalue weighted by Gasteiger charge is -2.07. The molecule has 2 amide bonds. The van der Waals surface area contributed by atoms with E-state index < -0.39 is 17.8 Å². The number of carboxylic acid groups (broad SMARTS) is 1. The van der Waals surface area contributed by atoms with Crippen LogP contribution in [0, 0.1) is 6.92 Å². The molecule has 0 radical (unpaired) electrons. The second-order valence-corrected chi connectivity index (χ2v) is 5.02. The zero-order chi connectivity index (χ0) is 15.4. The summed E-state index contributed by atoms with van der Waals surface area (Å²) < 4.78 is 4.88. The molecule has 8 heteroatoms. The Morgan fingerprint density at radius 2 is 2.14 bits per heavy atom. The van der Waals surface area contributed by atoms with Gasteiger partial charge in [-0.25, -0.2) is 4.79 Å². The summed E-state index contributed by atoms with van der Waals surface area (Å²) >= 11 is 1.03. The molecular weight excluding hydrogens is 296 g/mol. The number of carbonyl (C=O) groups is 3. The fraction of sp³-hybridized carbons (Fsp3) is 0.154. The van der Waals surface area contributed by atoms with Gasteiger partial charge in [-0.15, -0.1) is 11.3 Å². The molecule has 2 heterocycles. The minimum absolute atomic E-state index is 0.0539. The first-order chi connectivity index (χ1) is 9.99. The van der Waals surface area contributed by atoms with Crippen molar-refractivity contribution in [2.24, 2.45) is 0 Å². The molecule has 0 aliphatic rings. The average molecular weight is 308 g/mol. The molecule has 0 aromatic carbocycles. The first-order valence-corrected chi connectivity index (χ1v) is 6.80. The number of carbonyl (C=O) groups excluding carboxylic acids is 2. The average Bonchev–Trinajstić information content (AvgIpc) is 3.07. The highest BCUT2D eigenvalue weighted by Gasteiger charge is 2.18. The predicted molar refractivity (Wildman–Crippen MR) is 75.7 cm³/mol. The van der Waals surface area contributed by atoms with Crippen LogP contribution in [0.25, 0.3) is 0 Å². The van der Waals surface area contributed by atoms with Gasteiger partial charge in [-0.05, 0) is 30.0 Å². The molecule has 7 nitrogen and oxygen atoms in total. The molecule has 0 saturated heterocycles. The number of amides is 2. The van der Waals surface area contributed by atoms with Crippen molar-refractivity contribution in [1.82, 2.24) is 5.32 Å². The monoisotopic (exact) mass is 308 g/mol. The van der Waals surface area contributed by atoms with Crippen LogP contribution in [0.2, 0.25) is 0 Å². The summed E-state index contributed by atoms with van der Waals surface area (Å²) in [6, 6.07) is 3.03. The Hall–Kier alpha value is -2.61. The quantitative estimate of drug-likeness (QED) is 0.779. The number of rotatable bonds is 5. The largest absolute Gasteiger partial charge is 0.477 e. The van der Waals surface area contributed by atoms with E-state index in [9.17, 15) is 14.4 Å². The van der Waals surface area contributed by atoms with Crippen LogP contribution < -0.4 is 10.6 Å². The van der Waals surface area contributed by atoms with Gasteiger partial charge < -0.3 is 20.2 Å². The van der Waals surface area contributed by atoms with Gasteiger partial charge in [0.2, 0.25) is 5.91 Å². The molecule has 2 rings (SSSR count). The summed E-state index contributed by atoms with van der Waals surface area (Å²) in [7, 11) is 0. The van der Waals surface area contributed by atoms with Crippen LogP contribution in [0.15, 0.2) is 28.2 Å². The van der Waals surface area contributed by atoms with E-state index in [0.29, 0.717) is 5.56 Å². The molecule has 110 valence electrons. The molecule has 0 fully saturated rings. The Bertz CT molecular complexity index is 675. The molecule has 2 aromatic rings. The maximum absolute atomic E-state index is 11.8. The van der Waals surface area contributed by atoms with Crippen LogP contribution >= 0.6 is 11.3 Å². The van der Waals surface area contributed by atoms with Crippen molar-refractivity contribution in [1.29, 1.82) is 0 Å². The molecule has 3 N–H and O–H groups in total. The van der Waals surface area contributed by atoms with Crippen molar-refractivity contribution in [2.45, 2.75) is 6.92 Å². The Kier molecular flexibility index (Phi) is 4.39. The summed E-state index contributed by atoms with van der Waals surface area (Å²) in [5.41, 5.74) is 0.910. The standard InChI is InChI=1S/C13H12N2O5S/c1-7-6-21-11(13(18)19)10(7)15-9(16)5-14-12(17)8-3-2-4-20-8/h2-4,6H,5H2,1H3,(H,14,17)(H,15,16)(H,18,19). The van der Waals surface area contributed by atoms with E-state index in [1.54, 1.807) is 18.4 Å². The highest BCUT2D eigenvalue weighted by Crippen LogP contribution is 2.27. The number of carboxylic acids is 1. The first-order valence-electron chi connectivity index (χ1n) is 5.92. The van der Waals surface area contributed by atoms with Gasteiger partial charge in [-0.3, -0.25) is 9.59 Å². The van der Waals surface area contributed by atoms with E-state index in [4.69, 9.17) is 9.52 Å². The van der Waals surface area contributed by atoms with E-state index in [2.05, 4.69) is 10.6 Å². The van der Waals surface area contributed by atoms with E-state index in [-0.39, 0.29) is 22.9 Å². The lowest BCUT2D eigenvalue weighted by atomic mass is 10.2. The SMILES string of the molecule is Cc1csc(C(=O)O)c1NC(=O)CNC(=O)c1ccco1. The number of aromatic carboxylic acids is 1. The van der Waals surface area contributed by atoms with E-state index in [1.807, 2.05) is 0 Å². The molecule has 2 aromatic heterocycles. The Labute approximate surface area is 123 Å². The molecule has 21 heavy (non-hydrogen) atoms. The smallest absolute Gasteiger partial charge is 0.348 e. The molecule has 0 aliphatic heterocycles. The summed E-state index contributed by atoms with van der Waals surface area (Å²) in [5.74, 6) is -2.04. The number of hydrogen-bond acceptors (Lipinski definition) is 5. The molecule has 0 saturated carbocycles. The Morgan fingerprint density at radius 3 is 2.76 bits per heavy atom. The Morgan fingerprint density at radius 1 is 1.38 bits per heavy atom. The number of nitrogens with one attached hydrogen (secondary N) is 2. The summed E-state index contributed by atoms with van der Waals surface area (Å²) in [6.45, 7) is 1.41. The predicted octanol–water partition coefficient (Wildman–Crippen LogP) is 1.72. The third-order valence-corrected chi connectivity index (χ3v) is 3.67. The third-order valence-electron chi connectivity index (χ3n) is 2.59. The van der Waals surface area contributed by atoms with Crippen LogP contribution in [0.5, 0.6) is 0 Å². The number of aryl methyl sites for hydroxylation is 1. The highest BCUT2D eigenvalue weighted by molar-refractivity contribution is 7.12. The molecule has 0 atom stereocenters. The molecular formula is C13H12N2O5S. The highest BCUT2D eigenvalue weighted by atomic mass is 32.1. The van der Waals surface area contributed by atoms with E-state index >= 15 is 0 Å². The van der Waals surface area contributed by atoms with Crippen molar-refractivity contribution >= 4 is 34.8 Å². The molecule has 0 bridgehead atoms. The van der Waals surface area contributed by atoms with Crippen molar-refractivity contribution < 1.29 is 23.9 Å². The van der Waals surface area contributed by atoms with Gasteiger partial charge in [-0.2, -0.15) is 0 Å². The fourth-order valence-electron chi connectivity index (χ4n) is 1.60. The van der Waals surface area contributed by atoms with Gasteiger partial charge in [0.15, 0.2) is 5.76 Å². The summed E-state index contributed by atoms with van der Waals surface area (Å²) in [5, 5.41) is 15.5. The first kappa shape index (κ1) is 14.8. The van der Waals surface area contributed by atoms with Crippen molar-refractivity contribution in [3.8, 4) is 0 Å². The van der Waals surface area contributed by atoms with Crippen molar-refractivity contribution in [3.63, 3.8) is 0 Å². The fourth-order valence-corrected chi connectivity index (χ4v) is 2.44. The summed E-state index contributed by atoms with van der Waals surface area (Å²) in [6.07, 6.45) is 1.35. The summed E-state index contributed by atoms with van der Waals surface area (Å²) in [4.78, 5) is 34.4. The third kappa shape index (κ3) is 3.48. The van der Waals surface area contributed by atoms with Gasteiger partial charge in [-0.1, -0.05) is 0 Å². The number of anilines is 1. The topological polar surface area (TPSA) is 109 Å². The van der Waals surface area contributed by atoms with Gasteiger partial charge in [0.1, 0.15) is 4.88 Å². The van der Waals surface area contributed by atoms with Crippen LogP contribution in [0.1, 0.15) is 25.8 Å². The minimum atomic E-state index is -1.11. The zero-order valence-electron chi connectivity index (χ0n) is 11.0. The second-order valence-electron chi connectivity index (χ2n) is 4.14. The van der Waals surface area contributed by atoms with Gasteiger partial charge in [0.25, 0.3) is 5.91 Å². The van der Waals surface area contributed by atoms with Gasteiger partial charge in [0, 0.05) is 0 Å². The van der Waals surface area contributed by atoms with Crippen LogP contribution in [-0.2, 0) is 4.79 Å². The minimum Gasteiger partial charge on any atom is -0.477 e. The van der Waals surface area contributed by atoms with Gasteiger partial charge >= 0.3 is 5.97 Å². The van der Waals surface area contributed by atoms with E-state index in [0.717, 1.165) is 11.3 Å². The van der Waals surface area contributed by atoms with Crippen molar-refractivity contribution in [2.75, 3.05) is 11.9 Å². The van der Waals surface area contributed by atoms with Crippen LogP contribution in [0.3, 0.4) is 0 Å². The maximum Gasteiger partial charge on any atom is 0.348 e. The Balaban J connectivity index is 1.95. The number of furan rings is 1. The normalized spacial score (nSPS) is 10.1. The lowest BCUT2D eigenvalue weighted by molar-refractivity contribution is -0.115. The second kappa shape index (κ2) is 6.23. The van der Waals surface area contributed by atoms with E-state index in [1.165, 1.54) is 12.3 Å². The van der Waals surface area contributed by atoms with Gasteiger partial charge in [0.05, 0.1) is 18.5 Å². The maximum atomic E-state index is 11.8. The zero-order valence-corrected chi connectivity index (χ0v) is 11.8. The molecule has 0 aliphatic carbocycles. The van der Waals surface area contributed by atoms with Crippen LogP contribution in [0.4, 0.5) is 5.69 Å². The molecule has 0 unspecified atom stereocenters.